The first-order chi connectivity index (χ1) is 5.74. The maximum atomic E-state index is 8.14. The molecule has 12 heavy (non-hydrogen) atoms. The molecule has 0 aliphatic carbocycles. The molecule has 0 aromatic carbocycles. The highest BCUT2D eigenvalue weighted by molar-refractivity contribution is 8.28. The molecule has 0 radical (unpaired) electrons. The average Bonchev–Trinajstić information content (AvgIpc) is 2.32. The van der Waals surface area contributed by atoms with Gasteiger partial charge in [0.25, 0.3) is 0 Å². The van der Waals surface area contributed by atoms with E-state index in [1.54, 1.807) is 29.7 Å². The average molecular weight is 196 g/mol. The van der Waals surface area contributed by atoms with Crippen molar-refractivity contribution in [3.8, 4) is 6.19 Å². The number of thioether (sulfide) groups is 2. The number of nitrogens with zero attached hydrogens (tertiary/aromatic N) is 2. The van der Waals surface area contributed by atoms with E-state index in [1.807, 2.05) is 6.08 Å². The van der Waals surface area contributed by atoms with Gasteiger partial charge in [-0.15, -0.1) is 0 Å². The number of hydrogen-bond donors (Lipinski definition) is 0. The van der Waals surface area contributed by atoms with E-state index in [0.717, 1.165) is 0 Å². The summed E-state index contributed by atoms with van der Waals surface area (Å²) in [5.74, 6) is 0. The van der Waals surface area contributed by atoms with E-state index >= 15 is 0 Å². The Hall–Kier alpha value is -0.660. The van der Waals surface area contributed by atoms with E-state index in [0.29, 0.717) is 0 Å². The van der Waals surface area contributed by atoms with Crippen molar-refractivity contribution >= 4 is 29.7 Å². The molecule has 0 atom stereocenters. The molecule has 0 aromatic heterocycles. The fourth-order valence-corrected chi connectivity index (χ4v) is 2.98. The fourth-order valence-electron chi connectivity index (χ4n) is 0.666. The van der Waals surface area contributed by atoms with E-state index < -0.39 is 0 Å². The Bertz CT molecular complexity index is 292. The first-order valence-corrected chi connectivity index (χ1v) is 5.03. The third kappa shape index (κ3) is 2.43. The molecule has 0 spiro atoms. The number of rotatable bonds is 1. The summed E-state index contributed by atoms with van der Waals surface area (Å²) in [5.41, 5.74) is 0. The summed E-state index contributed by atoms with van der Waals surface area (Å²) < 4.78 is 1.18. The van der Waals surface area contributed by atoms with Crippen molar-refractivity contribution in [1.82, 2.24) is 0 Å². The molecule has 0 unspecified atom stereocenters. The Morgan fingerprint density at radius 1 is 1.33 bits per heavy atom. The number of aliphatic imine (C=N–C) groups is 1. The standard InChI is InChI=1S/C8H8N2S2/c1-6-7(2)12-8(11-6)3-4-10-5-9/h3-4H,1-2H3. The van der Waals surface area contributed by atoms with Gasteiger partial charge in [0.05, 0.1) is 4.24 Å². The van der Waals surface area contributed by atoms with Crippen LogP contribution in [-0.2, 0) is 0 Å². The van der Waals surface area contributed by atoms with Crippen LogP contribution in [0.3, 0.4) is 0 Å². The van der Waals surface area contributed by atoms with Gasteiger partial charge in [0.15, 0.2) is 0 Å². The third-order valence-corrected chi connectivity index (χ3v) is 3.87. The van der Waals surface area contributed by atoms with E-state index in [9.17, 15) is 0 Å². The molecule has 1 heterocycles. The van der Waals surface area contributed by atoms with Gasteiger partial charge in [-0.25, -0.2) is 0 Å². The number of hydrogen-bond acceptors (Lipinski definition) is 4. The summed E-state index contributed by atoms with van der Waals surface area (Å²) in [4.78, 5) is 6.10. The van der Waals surface area contributed by atoms with Gasteiger partial charge in [0, 0.05) is 6.21 Å². The van der Waals surface area contributed by atoms with Gasteiger partial charge >= 0.3 is 0 Å². The molecule has 1 rings (SSSR count). The van der Waals surface area contributed by atoms with E-state index in [4.69, 9.17) is 5.26 Å². The van der Waals surface area contributed by atoms with Gasteiger partial charge in [-0.1, -0.05) is 23.5 Å². The van der Waals surface area contributed by atoms with Crippen molar-refractivity contribution in [3.05, 3.63) is 20.1 Å². The van der Waals surface area contributed by atoms with Crippen LogP contribution in [0.1, 0.15) is 13.8 Å². The quantitative estimate of drug-likeness (QED) is 0.477. The summed E-state index contributed by atoms with van der Waals surface area (Å²) in [6.07, 6.45) is 5.10. The molecule has 0 saturated carbocycles. The van der Waals surface area contributed by atoms with Crippen LogP contribution < -0.4 is 0 Å². The smallest absolute Gasteiger partial charge is 0.182 e. The summed E-state index contributed by atoms with van der Waals surface area (Å²) in [7, 11) is 0. The van der Waals surface area contributed by atoms with E-state index in [1.165, 1.54) is 20.3 Å². The topological polar surface area (TPSA) is 36.1 Å². The molecule has 0 saturated heterocycles. The first-order valence-electron chi connectivity index (χ1n) is 3.39. The number of nitriles is 1. The largest absolute Gasteiger partial charge is 0.205 e. The third-order valence-electron chi connectivity index (χ3n) is 1.35. The van der Waals surface area contributed by atoms with Crippen molar-refractivity contribution in [2.24, 2.45) is 4.99 Å². The molecule has 1 aliphatic rings. The van der Waals surface area contributed by atoms with Gasteiger partial charge in [0.2, 0.25) is 6.19 Å². The van der Waals surface area contributed by atoms with Crippen molar-refractivity contribution in [3.63, 3.8) is 0 Å². The number of allylic oxidation sites excluding steroid dienone is 3. The predicted molar refractivity (Wildman–Crippen MR) is 55.7 cm³/mol. The molecular formula is C8H8N2S2. The molecule has 62 valence electrons. The Balaban J connectivity index is 2.58. The molecule has 0 aromatic rings. The van der Waals surface area contributed by atoms with Crippen molar-refractivity contribution in [1.29, 1.82) is 5.26 Å². The Morgan fingerprint density at radius 3 is 2.42 bits per heavy atom. The molecule has 0 bridgehead atoms. The predicted octanol–water partition coefficient (Wildman–Crippen LogP) is 3.11. The van der Waals surface area contributed by atoms with Gasteiger partial charge in [-0.3, -0.25) is 0 Å². The fraction of sp³-hybridized carbons (Fsp3) is 0.250. The zero-order chi connectivity index (χ0) is 8.97. The van der Waals surface area contributed by atoms with Gasteiger partial charge < -0.3 is 0 Å². The second-order valence-corrected chi connectivity index (χ2v) is 4.95. The Labute approximate surface area is 80.4 Å². The van der Waals surface area contributed by atoms with Crippen LogP contribution in [0.2, 0.25) is 0 Å². The maximum absolute atomic E-state index is 8.14. The summed E-state index contributed by atoms with van der Waals surface area (Å²) in [6.45, 7) is 4.19. The van der Waals surface area contributed by atoms with Crippen LogP contribution >= 0.6 is 23.5 Å². The Morgan fingerprint density at radius 2 is 1.92 bits per heavy atom. The molecule has 1 aliphatic heterocycles. The lowest BCUT2D eigenvalue weighted by atomic mass is 10.6. The molecule has 0 fully saturated rings. The highest BCUT2D eigenvalue weighted by atomic mass is 32.2. The highest BCUT2D eigenvalue weighted by Gasteiger charge is 2.12. The van der Waals surface area contributed by atoms with Crippen LogP contribution in [0.15, 0.2) is 25.1 Å². The van der Waals surface area contributed by atoms with Crippen LogP contribution in [0.5, 0.6) is 0 Å². The SMILES string of the molecule is CC1=C(C)SC(=CC=NC#N)S1. The molecular weight excluding hydrogens is 188 g/mol. The second kappa shape index (κ2) is 4.39. The van der Waals surface area contributed by atoms with E-state index in [-0.39, 0.29) is 0 Å². The van der Waals surface area contributed by atoms with E-state index in [2.05, 4.69) is 18.8 Å². The zero-order valence-electron chi connectivity index (χ0n) is 6.87. The summed E-state index contributed by atoms with van der Waals surface area (Å²) in [5, 5.41) is 8.14. The van der Waals surface area contributed by atoms with Crippen LogP contribution in [0.4, 0.5) is 0 Å². The van der Waals surface area contributed by atoms with Crippen LogP contribution in [0.25, 0.3) is 0 Å². The lowest BCUT2D eigenvalue weighted by Gasteiger charge is -1.89. The first kappa shape index (κ1) is 9.43. The van der Waals surface area contributed by atoms with Gasteiger partial charge in [-0.2, -0.15) is 10.3 Å². The van der Waals surface area contributed by atoms with Crippen molar-refractivity contribution in [2.75, 3.05) is 0 Å². The molecule has 2 nitrogen and oxygen atoms in total. The summed E-state index contributed by atoms with van der Waals surface area (Å²) >= 11 is 3.45. The second-order valence-electron chi connectivity index (χ2n) is 2.18. The minimum absolute atomic E-state index is 1.18. The Kier molecular flexibility index (Phi) is 3.45. The van der Waals surface area contributed by atoms with Crippen LogP contribution in [0, 0.1) is 11.5 Å². The normalized spacial score (nSPS) is 17.2. The van der Waals surface area contributed by atoms with Gasteiger partial charge in [-0.05, 0) is 29.7 Å². The van der Waals surface area contributed by atoms with Crippen LogP contribution in [-0.4, -0.2) is 6.21 Å². The maximum Gasteiger partial charge on any atom is 0.205 e. The molecule has 0 N–H and O–H groups in total. The summed E-state index contributed by atoms with van der Waals surface area (Å²) in [6, 6.07) is 0. The zero-order valence-corrected chi connectivity index (χ0v) is 8.50. The molecule has 0 amide bonds. The van der Waals surface area contributed by atoms with Crippen molar-refractivity contribution in [2.45, 2.75) is 13.8 Å². The lowest BCUT2D eigenvalue weighted by Crippen LogP contribution is -1.65. The lowest BCUT2D eigenvalue weighted by molar-refractivity contribution is 1.45. The van der Waals surface area contributed by atoms with Gasteiger partial charge in [0.1, 0.15) is 0 Å². The van der Waals surface area contributed by atoms with Crippen molar-refractivity contribution < 1.29 is 0 Å². The minimum Gasteiger partial charge on any atom is -0.182 e. The molecule has 4 heteroatoms. The monoisotopic (exact) mass is 196 g/mol. The minimum atomic E-state index is 1.18. The highest BCUT2D eigenvalue weighted by Crippen LogP contribution is 2.47.